The predicted molar refractivity (Wildman–Crippen MR) is 134 cm³/mol. The lowest BCUT2D eigenvalue weighted by molar-refractivity contribution is -0.124. The molecule has 3 rings (SSSR count). The number of hydrogen-bond acceptors (Lipinski definition) is 4. The number of carbonyl (C=O) groups excluding carboxylic acids is 2. The van der Waals surface area contributed by atoms with Gasteiger partial charge in [0.2, 0.25) is 5.91 Å². The molecule has 0 aliphatic carbocycles. The van der Waals surface area contributed by atoms with Crippen molar-refractivity contribution < 1.29 is 14.3 Å². The van der Waals surface area contributed by atoms with Crippen LogP contribution in [-0.2, 0) is 29.2 Å². The van der Waals surface area contributed by atoms with Crippen LogP contribution in [0.1, 0.15) is 44.4 Å². The number of nitrogens with zero attached hydrogens (tertiary/aromatic N) is 1. The molecule has 1 saturated heterocycles. The Balaban J connectivity index is 1.55. The molecule has 1 heterocycles. The van der Waals surface area contributed by atoms with Gasteiger partial charge in [-0.15, -0.1) is 0 Å². The maximum absolute atomic E-state index is 13.0. The van der Waals surface area contributed by atoms with Gasteiger partial charge in [0.15, 0.2) is 0 Å². The lowest BCUT2D eigenvalue weighted by Crippen LogP contribution is -2.52. The second kappa shape index (κ2) is 12.5. The van der Waals surface area contributed by atoms with E-state index < -0.39 is 6.04 Å². The van der Waals surface area contributed by atoms with Crippen molar-refractivity contribution in [3.8, 4) is 0 Å². The van der Waals surface area contributed by atoms with Crippen LogP contribution in [0, 0.1) is 5.92 Å². The minimum Gasteiger partial charge on any atom is -0.373 e. The van der Waals surface area contributed by atoms with Gasteiger partial charge >= 0.3 is 6.03 Å². The number of hydrogen-bond donors (Lipinski definition) is 3. The number of ether oxygens (including phenoxy) is 1. The lowest BCUT2D eigenvalue weighted by Gasteiger charge is -2.35. The highest BCUT2D eigenvalue weighted by Gasteiger charge is 2.25. The molecule has 1 aliphatic rings. The monoisotopic (exact) mass is 466 g/mol. The van der Waals surface area contributed by atoms with Crippen molar-refractivity contribution in [3.63, 3.8) is 0 Å². The molecule has 184 valence electrons. The number of benzene rings is 2. The predicted octanol–water partition coefficient (Wildman–Crippen LogP) is 3.44. The zero-order chi connectivity index (χ0) is 24.5. The van der Waals surface area contributed by atoms with Gasteiger partial charge in [-0.25, -0.2) is 4.79 Å². The Morgan fingerprint density at radius 2 is 1.53 bits per heavy atom. The molecule has 7 heteroatoms. The Hall–Kier alpha value is -2.90. The third-order valence-electron chi connectivity index (χ3n) is 5.99. The Kier molecular flexibility index (Phi) is 9.48. The Morgan fingerprint density at radius 1 is 0.912 bits per heavy atom. The van der Waals surface area contributed by atoms with Crippen molar-refractivity contribution >= 4 is 11.9 Å². The molecule has 0 saturated carbocycles. The molecule has 1 aliphatic heterocycles. The summed E-state index contributed by atoms with van der Waals surface area (Å²) in [4.78, 5) is 27.8. The van der Waals surface area contributed by atoms with Crippen LogP contribution >= 0.6 is 0 Å². The average Bonchev–Trinajstić information content (AvgIpc) is 2.80. The zero-order valence-electron chi connectivity index (χ0n) is 20.7. The normalized spacial score (nSPS) is 19.4. The van der Waals surface area contributed by atoms with Gasteiger partial charge in [-0.3, -0.25) is 9.69 Å². The fraction of sp³-hybridized carbons (Fsp3) is 0.481. The van der Waals surface area contributed by atoms with Crippen LogP contribution in [-0.4, -0.2) is 48.2 Å². The second-order valence-corrected chi connectivity index (χ2v) is 9.47. The summed E-state index contributed by atoms with van der Waals surface area (Å²) < 4.78 is 5.85. The van der Waals surface area contributed by atoms with E-state index in [2.05, 4.69) is 40.8 Å². The zero-order valence-corrected chi connectivity index (χ0v) is 20.7. The highest BCUT2D eigenvalue weighted by Crippen LogP contribution is 2.17. The van der Waals surface area contributed by atoms with Gasteiger partial charge < -0.3 is 20.7 Å². The molecule has 1 fully saturated rings. The summed E-state index contributed by atoms with van der Waals surface area (Å²) in [5, 5.41) is 8.69. The van der Waals surface area contributed by atoms with Crippen molar-refractivity contribution in [3.05, 3.63) is 71.3 Å². The highest BCUT2D eigenvalue weighted by molar-refractivity contribution is 5.87. The van der Waals surface area contributed by atoms with E-state index in [1.807, 2.05) is 62.4 Å². The van der Waals surface area contributed by atoms with E-state index >= 15 is 0 Å². The van der Waals surface area contributed by atoms with Crippen LogP contribution in [0.2, 0.25) is 0 Å². The Labute approximate surface area is 203 Å². The first kappa shape index (κ1) is 25.7. The summed E-state index contributed by atoms with van der Waals surface area (Å²) >= 11 is 0. The third kappa shape index (κ3) is 7.85. The summed E-state index contributed by atoms with van der Waals surface area (Å²) in [5.41, 5.74) is 3.28. The third-order valence-corrected chi connectivity index (χ3v) is 5.99. The van der Waals surface area contributed by atoms with E-state index in [0.29, 0.717) is 13.1 Å². The van der Waals surface area contributed by atoms with Crippen LogP contribution in [0.15, 0.2) is 54.6 Å². The molecular formula is C27H38N4O3. The number of urea groups is 1. The number of morpholine rings is 1. The topological polar surface area (TPSA) is 82.7 Å². The molecule has 0 aromatic heterocycles. The fourth-order valence-corrected chi connectivity index (χ4v) is 4.34. The maximum atomic E-state index is 13.0. The van der Waals surface area contributed by atoms with Gasteiger partial charge in [0.1, 0.15) is 6.04 Å². The minimum absolute atomic E-state index is 0.0472. The highest BCUT2D eigenvalue weighted by atomic mass is 16.5. The van der Waals surface area contributed by atoms with Gasteiger partial charge in [0.05, 0.1) is 12.2 Å². The quantitative estimate of drug-likeness (QED) is 0.529. The van der Waals surface area contributed by atoms with Crippen LogP contribution in [0.4, 0.5) is 4.79 Å². The van der Waals surface area contributed by atoms with Gasteiger partial charge in [0.25, 0.3) is 0 Å². The SMILES string of the molecule is CC1CN(Cc2ccccc2CNC(=O)C(NC(=O)NCc2ccccc2)C(C)C)CC(C)O1. The Morgan fingerprint density at radius 3 is 2.18 bits per heavy atom. The summed E-state index contributed by atoms with van der Waals surface area (Å²) in [6.45, 7) is 11.5. The number of carbonyl (C=O) groups is 2. The lowest BCUT2D eigenvalue weighted by atomic mass is 10.0. The molecule has 7 nitrogen and oxygen atoms in total. The molecular weight excluding hydrogens is 428 g/mol. The minimum atomic E-state index is -0.621. The fourth-order valence-electron chi connectivity index (χ4n) is 4.34. The van der Waals surface area contributed by atoms with Gasteiger partial charge in [-0.2, -0.15) is 0 Å². The van der Waals surface area contributed by atoms with Crippen molar-refractivity contribution in [2.45, 2.75) is 65.6 Å². The number of amides is 3. The first-order valence-electron chi connectivity index (χ1n) is 12.1. The standard InChI is InChI=1S/C27H38N4O3/c1-19(2)25(30-27(33)29-14-22-10-6-5-7-11-22)26(32)28-15-23-12-8-9-13-24(23)18-31-16-20(3)34-21(4)17-31/h5-13,19-21,25H,14-18H2,1-4H3,(H,28,32)(H2,29,30,33). The molecule has 2 aromatic carbocycles. The first-order valence-corrected chi connectivity index (χ1v) is 12.1. The maximum Gasteiger partial charge on any atom is 0.315 e. The number of nitrogens with one attached hydrogen (secondary N) is 3. The largest absolute Gasteiger partial charge is 0.373 e. The molecule has 3 N–H and O–H groups in total. The molecule has 0 radical (unpaired) electrons. The van der Waals surface area contributed by atoms with E-state index in [1.54, 1.807) is 0 Å². The molecule has 3 amide bonds. The van der Waals surface area contributed by atoms with Gasteiger partial charge in [-0.1, -0.05) is 68.4 Å². The molecule has 0 bridgehead atoms. The first-order chi connectivity index (χ1) is 16.3. The van der Waals surface area contributed by atoms with Gasteiger partial charge in [0, 0.05) is 32.7 Å². The summed E-state index contributed by atoms with van der Waals surface area (Å²) in [5.74, 6) is -0.234. The van der Waals surface area contributed by atoms with Crippen LogP contribution < -0.4 is 16.0 Å². The number of rotatable bonds is 9. The van der Waals surface area contributed by atoms with E-state index in [9.17, 15) is 9.59 Å². The van der Waals surface area contributed by atoms with Crippen molar-refractivity contribution in [1.29, 1.82) is 0 Å². The average molecular weight is 467 g/mol. The molecule has 0 spiro atoms. The van der Waals surface area contributed by atoms with Crippen LogP contribution in [0.3, 0.4) is 0 Å². The molecule has 3 atom stereocenters. The van der Waals surface area contributed by atoms with Crippen molar-refractivity contribution in [2.75, 3.05) is 13.1 Å². The van der Waals surface area contributed by atoms with Crippen molar-refractivity contribution in [2.24, 2.45) is 5.92 Å². The van der Waals surface area contributed by atoms with Crippen LogP contribution in [0.25, 0.3) is 0 Å². The van der Waals surface area contributed by atoms with E-state index in [0.717, 1.165) is 30.8 Å². The van der Waals surface area contributed by atoms with E-state index in [4.69, 9.17) is 4.74 Å². The summed E-state index contributed by atoms with van der Waals surface area (Å²) in [6.07, 6.45) is 0.419. The summed E-state index contributed by atoms with van der Waals surface area (Å²) in [7, 11) is 0. The smallest absolute Gasteiger partial charge is 0.315 e. The van der Waals surface area contributed by atoms with Gasteiger partial charge in [-0.05, 0) is 36.5 Å². The van der Waals surface area contributed by atoms with E-state index in [1.165, 1.54) is 5.56 Å². The van der Waals surface area contributed by atoms with E-state index in [-0.39, 0.29) is 30.1 Å². The molecule has 3 unspecified atom stereocenters. The molecule has 2 aromatic rings. The second-order valence-electron chi connectivity index (χ2n) is 9.47. The Bertz CT molecular complexity index is 924. The summed E-state index contributed by atoms with van der Waals surface area (Å²) in [6, 6.07) is 16.9. The molecule has 34 heavy (non-hydrogen) atoms. The van der Waals surface area contributed by atoms with Crippen LogP contribution in [0.5, 0.6) is 0 Å². The van der Waals surface area contributed by atoms with Crippen molar-refractivity contribution in [1.82, 2.24) is 20.9 Å².